The minimum absolute atomic E-state index is 0.0159. The molecular weight excluding hydrogens is 492 g/mol. The van der Waals surface area contributed by atoms with Crippen LogP contribution in [0.25, 0.3) is 0 Å². The van der Waals surface area contributed by atoms with Crippen LogP contribution in [0.15, 0.2) is 11.6 Å². The Kier molecular flexibility index (Phi) is 8.43. The summed E-state index contributed by atoms with van der Waals surface area (Å²) in [6, 6.07) is 0. The smallest absolute Gasteiger partial charge is 0.186 e. The van der Waals surface area contributed by atoms with Gasteiger partial charge in [-0.2, -0.15) is 0 Å². The van der Waals surface area contributed by atoms with Crippen molar-refractivity contribution in [1.82, 2.24) is 0 Å². The molecule has 39 heavy (non-hydrogen) atoms. The number of fused-ring (bicyclic) bond motifs is 5. The second-order valence-electron chi connectivity index (χ2n) is 15.3. The van der Waals surface area contributed by atoms with Crippen LogP contribution in [0.2, 0.25) is 0 Å². The summed E-state index contributed by atoms with van der Waals surface area (Å²) in [4.78, 5) is 0. The maximum absolute atomic E-state index is 10.4. The lowest BCUT2D eigenvalue weighted by atomic mass is 9.47. The first-order valence-corrected chi connectivity index (χ1v) is 16.0. The molecule has 4 aliphatic carbocycles. The van der Waals surface area contributed by atoms with E-state index < -0.39 is 30.2 Å². The second kappa shape index (κ2) is 11.0. The Labute approximate surface area is 236 Å². The summed E-state index contributed by atoms with van der Waals surface area (Å²) in [5.74, 6) is 4.12. The van der Waals surface area contributed by atoms with Crippen LogP contribution in [0.1, 0.15) is 106 Å². The topological polar surface area (TPSA) is 99.4 Å². The monoisotopic (exact) mass is 548 g/mol. The zero-order valence-electron chi connectivity index (χ0n) is 25.3. The largest absolute Gasteiger partial charge is 0.390 e. The van der Waals surface area contributed by atoms with E-state index in [9.17, 15) is 20.4 Å². The molecule has 6 heteroatoms. The van der Waals surface area contributed by atoms with Crippen LogP contribution in [0.5, 0.6) is 0 Å². The molecule has 0 aromatic carbocycles. The van der Waals surface area contributed by atoms with Crippen LogP contribution >= 0.6 is 0 Å². The van der Waals surface area contributed by atoms with Gasteiger partial charge in [-0.1, -0.05) is 45.8 Å². The molecule has 0 spiro atoms. The van der Waals surface area contributed by atoms with E-state index in [2.05, 4.69) is 33.8 Å². The average Bonchev–Trinajstić information content (AvgIpc) is 3.24. The fraction of sp³-hybridized carbons (Fsp3) is 0.939. The first kappa shape index (κ1) is 30.0. The number of ether oxygens (including phenoxy) is 2. The van der Waals surface area contributed by atoms with E-state index in [1.807, 2.05) is 13.8 Å². The third-order valence-corrected chi connectivity index (χ3v) is 12.9. The molecule has 224 valence electrons. The molecule has 4 fully saturated rings. The third kappa shape index (κ3) is 5.41. The summed E-state index contributed by atoms with van der Waals surface area (Å²) >= 11 is 0. The van der Waals surface area contributed by atoms with Gasteiger partial charge in [0.2, 0.25) is 0 Å². The van der Waals surface area contributed by atoms with Crippen LogP contribution in [0.4, 0.5) is 0 Å². The highest BCUT2D eigenvalue weighted by atomic mass is 16.7. The molecule has 4 N–H and O–H groups in total. The van der Waals surface area contributed by atoms with Crippen LogP contribution in [0, 0.1) is 46.3 Å². The predicted octanol–water partition coefficient (Wildman–Crippen LogP) is 5.21. The Morgan fingerprint density at radius 2 is 1.74 bits per heavy atom. The van der Waals surface area contributed by atoms with Gasteiger partial charge in [0.05, 0.1) is 18.3 Å². The Morgan fingerprint density at radius 3 is 2.46 bits per heavy atom. The maximum Gasteiger partial charge on any atom is 0.186 e. The molecule has 1 heterocycles. The third-order valence-electron chi connectivity index (χ3n) is 12.9. The quantitative estimate of drug-likeness (QED) is 0.326. The molecular formula is C33H56O6. The predicted molar refractivity (Wildman–Crippen MR) is 152 cm³/mol. The van der Waals surface area contributed by atoms with Crippen molar-refractivity contribution in [3.05, 3.63) is 11.6 Å². The summed E-state index contributed by atoms with van der Waals surface area (Å²) in [6.07, 6.45) is 9.86. The SMILES string of the molecule is CC(CCC(C)C(C)(C)O)C1CCC2C3CC=C4CC(OC5OCC(O)C(O)C5O)CCC4(C)C3CCC12C. The van der Waals surface area contributed by atoms with E-state index in [0.717, 1.165) is 49.4 Å². The molecule has 0 amide bonds. The summed E-state index contributed by atoms with van der Waals surface area (Å²) in [6.45, 7) is 13.7. The van der Waals surface area contributed by atoms with E-state index in [4.69, 9.17) is 9.47 Å². The highest BCUT2D eigenvalue weighted by molar-refractivity contribution is 5.25. The molecule has 5 aliphatic rings. The van der Waals surface area contributed by atoms with E-state index in [0.29, 0.717) is 17.3 Å². The van der Waals surface area contributed by atoms with Crippen molar-refractivity contribution < 1.29 is 29.9 Å². The normalized spacial score (nSPS) is 47.9. The molecule has 3 saturated carbocycles. The molecule has 0 radical (unpaired) electrons. The minimum atomic E-state index is -1.23. The van der Waals surface area contributed by atoms with E-state index in [1.165, 1.54) is 44.1 Å². The fourth-order valence-corrected chi connectivity index (χ4v) is 9.87. The molecule has 13 unspecified atom stereocenters. The van der Waals surface area contributed by atoms with Crippen molar-refractivity contribution in [1.29, 1.82) is 0 Å². The van der Waals surface area contributed by atoms with Gasteiger partial charge in [0.1, 0.15) is 18.3 Å². The zero-order valence-corrected chi connectivity index (χ0v) is 25.3. The van der Waals surface area contributed by atoms with Gasteiger partial charge in [0, 0.05) is 0 Å². The Bertz CT molecular complexity index is 897. The lowest BCUT2D eigenvalue weighted by molar-refractivity contribution is -0.284. The lowest BCUT2D eigenvalue weighted by Crippen LogP contribution is -2.55. The Balaban J connectivity index is 1.23. The standard InChI is InChI=1S/C33H56O6/c1-19(7-8-20(2)31(3,4)37)24-11-12-25-23-10-9-21-17-22(39-30-29(36)28(35)27(34)18-38-30)13-15-32(21,5)26(23)14-16-33(24,25)6/h9,19-20,22-30,34-37H,7-8,10-18H2,1-6H3. The first-order chi connectivity index (χ1) is 18.3. The number of hydrogen-bond donors (Lipinski definition) is 4. The molecule has 13 atom stereocenters. The van der Waals surface area contributed by atoms with Crippen molar-refractivity contribution in [2.75, 3.05) is 6.61 Å². The van der Waals surface area contributed by atoms with E-state index in [-0.39, 0.29) is 18.1 Å². The van der Waals surface area contributed by atoms with Gasteiger partial charge >= 0.3 is 0 Å². The highest BCUT2D eigenvalue weighted by Gasteiger charge is 2.59. The second-order valence-corrected chi connectivity index (χ2v) is 15.3. The van der Waals surface area contributed by atoms with Crippen molar-refractivity contribution in [3.63, 3.8) is 0 Å². The molecule has 6 nitrogen and oxygen atoms in total. The lowest BCUT2D eigenvalue weighted by Gasteiger charge is -2.58. The van der Waals surface area contributed by atoms with Gasteiger partial charge in [0.25, 0.3) is 0 Å². The number of rotatable bonds is 7. The maximum atomic E-state index is 10.4. The van der Waals surface area contributed by atoms with Gasteiger partial charge in [-0.25, -0.2) is 0 Å². The fourth-order valence-electron chi connectivity index (χ4n) is 9.87. The van der Waals surface area contributed by atoms with Crippen molar-refractivity contribution >= 4 is 0 Å². The van der Waals surface area contributed by atoms with Crippen LogP contribution < -0.4 is 0 Å². The zero-order chi connectivity index (χ0) is 28.3. The molecule has 1 aliphatic heterocycles. The van der Waals surface area contributed by atoms with Crippen LogP contribution in [0.3, 0.4) is 0 Å². The summed E-state index contributed by atoms with van der Waals surface area (Å²) in [7, 11) is 0. The molecule has 0 bridgehead atoms. The number of hydrogen-bond acceptors (Lipinski definition) is 6. The Hall–Kier alpha value is -0.500. The van der Waals surface area contributed by atoms with Gasteiger partial charge in [-0.15, -0.1) is 0 Å². The average molecular weight is 549 g/mol. The van der Waals surface area contributed by atoms with Gasteiger partial charge in [0.15, 0.2) is 6.29 Å². The summed E-state index contributed by atoms with van der Waals surface area (Å²) < 4.78 is 11.7. The first-order valence-electron chi connectivity index (χ1n) is 16.0. The molecule has 1 saturated heterocycles. The highest BCUT2D eigenvalue weighted by Crippen LogP contribution is 2.67. The molecule has 0 aromatic heterocycles. The van der Waals surface area contributed by atoms with E-state index >= 15 is 0 Å². The minimum Gasteiger partial charge on any atom is -0.390 e. The number of aliphatic hydroxyl groups is 4. The Morgan fingerprint density at radius 1 is 1.00 bits per heavy atom. The molecule has 5 rings (SSSR count). The summed E-state index contributed by atoms with van der Waals surface area (Å²) in [5.41, 5.74) is 1.58. The summed E-state index contributed by atoms with van der Waals surface area (Å²) in [5, 5.41) is 40.6. The number of aliphatic hydroxyl groups excluding tert-OH is 3. The van der Waals surface area contributed by atoms with Crippen molar-refractivity contribution in [2.24, 2.45) is 46.3 Å². The van der Waals surface area contributed by atoms with Gasteiger partial charge < -0.3 is 29.9 Å². The van der Waals surface area contributed by atoms with E-state index in [1.54, 1.807) is 0 Å². The van der Waals surface area contributed by atoms with Crippen molar-refractivity contribution in [3.8, 4) is 0 Å². The van der Waals surface area contributed by atoms with Crippen LogP contribution in [-0.4, -0.2) is 63.3 Å². The van der Waals surface area contributed by atoms with Crippen molar-refractivity contribution in [2.45, 2.75) is 142 Å². The number of allylic oxidation sites excluding steroid dienone is 1. The van der Waals surface area contributed by atoms with Crippen LogP contribution in [-0.2, 0) is 9.47 Å². The van der Waals surface area contributed by atoms with Gasteiger partial charge in [-0.3, -0.25) is 0 Å². The van der Waals surface area contributed by atoms with Gasteiger partial charge in [-0.05, 0) is 118 Å². The molecule has 0 aromatic rings.